The van der Waals surface area contributed by atoms with Crippen molar-refractivity contribution in [3.05, 3.63) is 59.7 Å². The highest BCUT2D eigenvalue weighted by molar-refractivity contribution is 6.08. The van der Waals surface area contributed by atoms with E-state index in [0.29, 0.717) is 6.07 Å². The van der Waals surface area contributed by atoms with Gasteiger partial charge in [-0.25, -0.2) is 0 Å². The average molecular weight is 380 g/mol. The second-order valence-corrected chi connectivity index (χ2v) is 5.56. The molecule has 0 spiro atoms. The standard InChI is InChI=1S/C18H15F3N2O4/c1-3-16(26)22-10-4-5-14(24)11(7-10)17(27)23-13-8-12(18(19,20)21)9(2)6-15(13)25/h3-8,24-25H,1H2,2H3,(H,22,26)(H,23,27). The van der Waals surface area contributed by atoms with E-state index in [9.17, 15) is 33.0 Å². The summed E-state index contributed by atoms with van der Waals surface area (Å²) in [7, 11) is 0. The Kier molecular flexibility index (Phi) is 5.44. The zero-order valence-corrected chi connectivity index (χ0v) is 14.0. The van der Waals surface area contributed by atoms with Crippen LogP contribution in [-0.4, -0.2) is 22.0 Å². The van der Waals surface area contributed by atoms with Gasteiger partial charge in [0.2, 0.25) is 5.91 Å². The maximum absolute atomic E-state index is 13.0. The smallest absolute Gasteiger partial charge is 0.416 e. The summed E-state index contributed by atoms with van der Waals surface area (Å²) >= 11 is 0. The molecule has 0 radical (unpaired) electrons. The minimum absolute atomic E-state index is 0.159. The Bertz CT molecular complexity index is 924. The Balaban J connectivity index is 2.36. The summed E-state index contributed by atoms with van der Waals surface area (Å²) in [6.45, 7) is 4.44. The van der Waals surface area contributed by atoms with Crippen LogP contribution in [0.4, 0.5) is 24.5 Å². The number of anilines is 2. The quantitative estimate of drug-likeness (QED) is 0.368. The summed E-state index contributed by atoms with van der Waals surface area (Å²) in [5.74, 6) is -2.57. The predicted molar refractivity (Wildman–Crippen MR) is 92.7 cm³/mol. The highest BCUT2D eigenvalue weighted by Crippen LogP contribution is 2.37. The Hall–Kier alpha value is -3.49. The van der Waals surface area contributed by atoms with Gasteiger partial charge in [0.15, 0.2) is 0 Å². The predicted octanol–water partition coefficient (Wildman–Crippen LogP) is 3.80. The Morgan fingerprint density at radius 2 is 1.74 bits per heavy atom. The van der Waals surface area contributed by atoms with Gasteiger partial charge in [-0.05, 0) is 48.9 Å². The van der Waals surface area contributed by atoms with E-state index in [1.54, 1.807) is 0 Å². The van der Waals surface area contributed by atoms with E-state index in [1.807, 2.05) is 0 Å². The molecule has 2 amide bonds. The number of phenolic OH excluding ortho intramolecular Hbond substituents is 2. The van der Waals surface area contributed by atoms with Crippen molar-refractivity contribution >= 4 is 23.2 Å². The normalized spacial score (nSPS) is 11.0. The molecule has 0 aliphatic rings. The first kappa shape index (κ1) is 19.8. The Morgan fingerprint density at radius 3 is 2.33 bits per heavy atom. The number of benzene rings is 2. The molecule has 142 valence electrons. The fourth-order valence-electron chi connectivity index (χ4n) is 2.28. The molecule has 9 heteroatoms. The van der Waals surface area contributed by atoms with Gasteiger partial charge in [0.1, 0.15) is 11.5 Å². The van der Waals surface area contributed by atoms with Gasteiger partial charge < -0.3 is 20.8 Å². The van der Waals surface area contributed by atoms with E-state index in [1.165, 1.54) is 13.0 Å². The fourth-order valence-corrected chi connectivity index (χ4v) is 2.28. The molecule has 2 aromatic rings. The van der Waals surface area contributed by atoms with Gasteiger partial charge in [-0.2, -0.15) is 13.2 Å². The number of halogens is 3. The molecule has 0 aromatic heterocycles. The molecule has 2 aromatic carbocycles. The van der Waals surface area contributed by atoms with E-state index in [0.717, 1.165) is 24.3 Å². The number of amides is 2. The summed E-state index contributed by atoms with van der Waals surface area (Å²) in [4.78, 5) is 23.7. The molecule has 0 saturated heterocycles. The summed E-state index contributed by atoms with van der Waals surface area (Å²) in [6, 6.07) is 5.05. The summed E-state index contributed by atoms with van der Waals surface area (Å²) in [6.07, 6.45) is -3.68. The number of nitrogens with one attached hydrogen (secondary N) is 2. The Morgan fingerprint density at radius 1 is 1.07 bits per heavy atom. The zero-order chi connectivity index (χ0) is 20.4. The number of alkyl halides is 3. The third kappa shape index (κ3) is 4.57. The van der Waals surface area contributed by atoms with E-state index in [4.69, 9.17) is 0 Å². The summed E-state index contributed by atoms with van der Waals surface area (Å²) in [5, 5.41) is 24.2. The van der Waals surface area contributed by atoms with Crippen LogP contribution in [0.5, 0.6) is 11.5 Å². The van der Waals surface area contributed by atoms with Crippen molar-refractivity contribution in [1.29, 1.82) is 0 Å². The Labute approximate surface area is 151 Å². The van der Waals surface area contributed by atoms with Crippen molar-refractivity contribution in [2.75, 3.05) is 10.6 Å². The van der Waals surface area contributed by atoms with Gasteiger partial charge in [-0.15, -0.1) is 0 Å². The van der Waals surface area contributed by atoms with E-state index in [-0.39, 0.29) is 16.8 Å². The van der Waals surface area contributed by atoms with Crippen LogP contribution in [-0.2, 0) is 11.0 Å². The number of hydrogen-bond donors (Lipinski definition) is 4. The van der Waals surface area contributed by atoms with Crippen LogP contribution in [0, 0.1) is 6.92 Å². The van der Waals surface area contributed by atoms with Crippen LogP contribution in [0.25, 0.3) is 0 Å². The highest BCUT2D eigenvalue weighted by atomic mass is 19.4. The molecule has 6 nitrogen and oxygen atoms in total. The average Bonchev–Trinajstić information content (AvgIpc) is 2.57. The minimum atomic E-state index is -4.67. The lowest BCUT2D eigenvalue weighted by molar-refractivity contribution is -0.138. The molecule has 27 heavy (non-hydrogen) atoms. The number of rotatable bonds is 4. The summed E-state index contributed by atoms with van der Waals surface area (Å²) in [5.41, 5.74) is -1.86. The number of aryl methyl sites for hydroxylation is 1. The molecule has 0 fully saturated rings. The second kappa shape index (κ2) is 7.40. The number of phenols is 2. The van der Waals surface area contributed by atoms with Crippen molar-refractivity contribution in [2.24, 2.45) is 0 Å². The first-order valence-corrected chi connectivity index (χ1v) is 7.51. The van der Waals surface area contributed by atoms with E-state index in [2.05, 4.69) is 17.2 Å². The number of carbonyl (C=O) groups excluding carboxylic acids is 2. The van der Waals surface area contributed by atoms with Gasteiger partial charge in [-0.3, -0.25) is 9.59 Å². The molecule has 4 N–H and O–H groups in total. The third-order valence-corrected chi connectivity index (χ3v) is 3.59. The third-order valence-electron chi connectivity index (χ3n) is 3.59. The lowest BCUT2D eigenvalue weighted by atomic mass is 10.1. The molecule has 0 saturated carbocycles. The highest BCUT2D eigenvalue weighted by Gasteiger charge is 2.33. The summed E-state index contributed by atoms with van der Waals surface area (Å²) < 4.78 is 39.0. The SMILES string of the molecule is C=CC(=O)Nc1ccc(O)c(C(=O)Nc2cc(C(F)(F)F)c(C)cc2O)c1. The molecule has 0 aliphatic carbocycles. The van der Waals surface area contributed by atoms with Crippen molar-refractivity contribution < 1.29 is 33.0 Å². The number of hydrogen-bond acceptors (Lipinski definition) is 4. The second-order valence-electron chi connectivity index (χ2n) is 5.56. The van der Waals surface area contributed by atoms with Crippen LogP contribution >= 0.6 is 0 Å². The molecule has 0 atom stereocenters. The molecule has 0 bridgehead atoms. The number of carbonyl (C=O) groups is 2. The van der Waals surface area contributed by atoms with Gasteiger partial charge >= 0.3 is 6.18 Å². The number of aromatic hydroxyl groups is 2. The maximum atomic E-state index is 13.0. The topological polar surface area (TPSA) is 98.7 Å². The monoisotopic (exact) mass is 380 g/mol. The van der Waals surface area contributed by atoms with Crippen molar-refractivity contribution in [3.63, 3.8) is 0 Å². The van der Waals surface area contributed by atoms with Crippen LogP contribution < -0.4 is 10.6 Å². The zero-order valence-electron chi connectivity index (χ0n) is 14.0. The van der Waals surface area contributed by atoms with Crippen LogP contribution in [0.3, 0.4) is 0 Å². The van der Waals surface area contributed by atoms with Gasteiger partial charge in [0.25, 0.3) is 5.91 Å². The largest absolute Gasteiger partial charge is 0.507 e. The van der Waals surface area contributed by atoms with E-state index >= 15 is 0 Å². The van der Waals surface area contributed by atoms with Gasteiger partial charge in [-0.1, -0.05) is 6.58 Å². The van der Waals surface area contributed by atoms with Crippen LogP contribution in [0.15, 0.2) is 43.0 Å². The fraction of sp³-hybridized carbons (Fsp3) is 0.111. The molecule has 2 rings (SSSR count). The van der Waals surface area contributed by atoms with Crippen LogP contribution in [0.1, 0.15) is 21.5 Å². The lowest BCUT2D eigenvalue weighted by Gasteiger charge is -2.15. The van der Waals surface area contributed by atoms with Crippen molar-refractivity contribution in [3.8, 4) is 11.5 Å². The van der Waals surface area contributed by atoms with E-state index < -0.39 is 40.7 Å². The molecular weight excluding hydrogens is 365 g/mol. The van der Waals surface area contributed by atoms with Crippen molar-refractivity contribution in [1.82, 2.24) is 0 Å². The molecule has 0 heterocycles. The molecule has 0 aliphatic heterocycles. The van der Waals surface area contributed by atoms with Gasteiger partial charge in [0.05, 0.1) is 16.8 Å². The minimum Gasteiger partial charge on any atom is -0.507 e. The van der Waals surface area contributed by atoms with Crippen LogP contribution in [0.2, 0.25) is 0 Å². The van der Waals surface area contributed by atoms with Crippen molar-refractivity contribution in [2.45, 2.75) is 13.1 Å². The first-order chi connectivity index (χ1) is 12.5. The molecule has 0 unspecified atom stereocenters. The lowest BCUT2D eigenvalue weighted by Crippen LogP contribution is -2.15. The first-order valence-electron chi connectivity index (χ1n) is 7.51. The molecular formula is C18H15F3N2O4. The maximum Gasteiger partial charge on any atom is 0.416 e. The van der Waals surface area contributed by atoms with Gasteiger partial charge in [0, 0.05) is 5.69 Å².